The number of hydrogen-bond donors (Lipinski definition) is 1. The molecule has 48 heavy (non-hydrogen) atoms. The number of carbonyl (C=O) groups is 5. The highest BCUT2D eigenvalue weighted by atomic mass is 16.6. The number of ether oxygens (including phenoxy) is 2. The monoisotopic (exact) mass is 664 g/mol. The van der Waals surface area contributed by atoms with Gasteiger partial charge in [0, 0.05) is 33.6 Å². The van der Waals surface area contributed by atoms with E-state index >= 15 is 0 Å². The van der Waals surface area contributed by atoms with Gasteiger partial charge in [-0.15, -0.1) is 0 Å². The Hall–Kier alpha value is -4.41. The maximum atomic E-state index is 14.2. The van der Waals surface area contributed by atoms with Crippen molar-refractivity contribution in [2.24, 2.45) is 5.92 Å². The van der Waals surface area contributed by atoms with Gasteiger partial charge in [-0.3, -0.25) is 24.1 Å². The molecule has 11 heteroatoms. The SMILES string of the molecule is CC(C)[C@@H](C(=O)NC(CC(=O)OCc1ccccc1)C(=O)N1CCCCC1)N(C)C(=O)C(Cc1ccccc1)N(C)C(=O)OC(C)(C)C. The molecule has 262 valence electrons. The van der Waals surface area contributed by atoms with Crippen molar-refractivity contribution in [3.05, 3.63) is 71.8 Å². The van der Waals surface area contributed by atoms with Gasteiger partial charge in [0.25, 0.3) is 0 Å². The summed E-state index contributed by atoms with van der Waals surface area (Å²) in [4.78, 5) is 72.3. The van der Waals surface area contributed by atoms with Crippen LogP contribution in [0.3, 0.4) is 0 Å². The van der Waals surface area contributed by atoms with Gasteiger partial charge in [0.2, 0.25) is 17.7 Å². The second-order valence-electron chi connectivity index (χ2n) is 13.7. The van der Waals surface area contributed by atoms with Crippen LogP contribution in [0.5, 0.6) is 0 Å². The van der Waals surface area contributed by atoms with Crippen LogP contribution in [0.4, 0.5) is 4.79 Å². The third-order valence-corrected chi connectivity index (χ3v) is 8.27. The number of likely N-dealkylation sites (N-methyl/N-ethyl adjacent to an activating group) is 2. The van der Waals surface area contributed by atoms with E-state index in [0.29, 0.717) is 13.1 Å². The molecule has 1 N–H and O–H groups in total. The fraction of sp³-hybridized carbons (Fsp3) is 0.541. The summed E-state index contributed by atoms with van der Waals surface area (Å²) in [7, 11) is 3.02. The second kappa shape index (κ2) is 17.7. The smallest absolute Gasteiger partial charge is 0.410 e. The summed E-state index contributed by atoms with van der Waals surface area (Å²) >= 11 is 0. The summed E-state index contributed by atoms with van der Waals surface area (Å²) in [6.07, 6.45) is 1.85. The summed E-state index contributed by atoms with van der Waals surface area (Å²) in [6, 6.07) is 15.3. The molecule has 0 aliphatic carbocycles. The van der Waals surface area contributed by atoms with Crippen molar-refractivity contribution in [1.29, 1.82) is 0 Å². The molecule has 4 amide bonds. The zero-order valence-corrected chi connectivity index (χ0v) is 29.4. The van der Waals surface area contributed by atoms with Crippen molar-refractivity contribution in [2.45, 2.75) is 97.1 Å². The van der Waals surface area contributed by atoms with Gasteiger partial charge in [-0.05, 0) is 57.1 Å². The van der Waals surface area contributed by atoms with Gasteiger partial charge in [0.15, 0.2) is 0 Å². The van der Waals surface area contributed by atoms with Gasteiger partial charge < -0.3 is 24.6 Å². The zero-order valence-electron chi connectivity index (χ0n) is 29.4. The second-order valence-corrected chi connectivity index (χ2v) is 13.7. The van der Waals surface area contributed by atoms with Crippen molar-refractivity contribution >= 4 is 29.8 Å². The maximum Gasteiger partial charge on any atom is 0.410 e. The fourth-order valence-electron chi connectivity index (χ4n) is 5.74. The Bertz CT molecular complexity index is 1370. The molecule has 3 rings (SSSR count). The van der Waals surface area contributed by atoms with Crippen LogP contribution in [0.15, 0.2) is 60.7 Å². The minimum atomic E-state index is -1.17. The highest BCUT2D eigenvalue weighted by Crippen LogP contribution is 2.20. The number of nitrogens with one attached hydrogen (secondary N) is 1. The lowest BCUT2D eigenvalue weighted by molar-refractivity contribution is -0.150. The van der Waals surface area contributed by atoms with Crippen LogP contribution < -0.4 is 5.32 Å². The highest BCUT2D eigenvalue weighted by molar-refractivity contribution is 5.95. The maximum absolute atomic E-state index is 14.2. The standard InChI is InChI=1S/C37H52N4O7/c1-26(2)32(40(7)35(45)30(23-27-17-11-8-12-18-27)39(6)36(46)48-37(3,4)5)33(43)38-29(34(44)41-21-15-10-16-22-41)24-31(42)47-25-28-19-13-9-14-20-28/h8-9,11-14,17-20,26,29-30,32H,10,15-16,21-25H2,1-7H3,(H,38,43)/t29?,30?,32-/m0/s1. The van der Waals surface area contributed by atoms with E-state index < -0.39 is 47.6 Å². The number of amides is 4. The van der Waals surface area contributed by atoms with Crippen LogP contribution in [-0.4, -0.2) is 95.4 Å². The number of nitrogens with zero attached hydrogens (tertiary/aromatic N) is 3. The Morgan fingerprint density at radius 3 is 1.94 bits per heavy atom. The normalized spacial score (nSPS) is 15.1. The summed E-state index contributed by atoms with van der Waals surface area (Å²) in [5.74, 6) is -2.41. The summed E-state index contributed by atoms with van der Waals surface area (Å²) in [5, 5.41) is 2.80. The molecule has 2 aromatic rings. The number of hydrogen-bond acceptors (Lipinski definition) is 7. The Morgan fingerprint density at radius 1 is 0.833 bits per heavy atom. The third-order valence-electron chi connectivity index (χ3n) is 8.27. The first-order valence-electron chi connectivity index (χ1n) is 16.7. The van der Waals surface area contributed by atoms with E-state index in [0.717, 1.165) is 30.4 Å². The quantitative estimate of drug-likeness (QED) is 0.311. The lowest BCUT2D eigenvalue weighted by Gasteiger charge is -2.37. The molecule has 1 aliphatic heterocycles. The van der Waals surface area contributed by atoms with E-state index in [1.54, 1.807) is 39.5 Å². The number of likely N-dealkylation sites (tertiary alicyclic amines) is 1. The molecule has 1 aliphatic rings. The van der Waals surface area contributed by atoms with E-state index in [-0.39, 0.29) is 31.3 Å². The molecule has 0 aromatic heterocycles. The van der Waals surface area contributed by atoms with E-state index in [9.17, 15) is 24.0 Å². The van der Waals surface area contributed by atoms with Crippen molar-refractivity contribution in [2.75, 3.05) is 27.2 Å². The first-order valence-corrected chi connectivity index (χ1v) is 16.7. The van der Waals surface area contributed by atoms with E-state index in [2.05, 4.69) is 5.32 Å². The molecule has 1 heterocycles. The minimum Gasteiger partial charge on any atom is -0.461 e. The highest BCUT2D eigenvalue weighted by Gasteiger charge is 2.39. The van der Waals surface area contributed by atoms with Gasteiger partial charge >= 0.3 is 12.1 Å². The van der Waals surface area contributed by atoms with E-state index in [4.69, 9.17) is 9.47 Å². The Morgan fingerprint density at radius 2 is 1.40 bits per heavy atom. The Balaban J connectivity index is 1.84. The first-order chi connectivity index (χ1) is 22.7. The van der Waals surface area contributed by atoms with Gasteiger partial charge in [0.1, 0.15) is 30.3 Å². The number of benzene rings is 2. The predicted octanol–water partition coefficient (Wildman–Crippen LogP) is 4.58. The molecule has 0 radical (unpaired) electrons. The van der Waals surface area contributed by atoms with Crippen LogP contribution in [0.1, 0.15) is 71.4 Å². The lowest BCUT2D eigenvalue weighted by atomic mass is 9.98. The van der Waals surface area contributed by atoms with Gasteiger partial charge in [-0.1, -0.05) is 74.5 Å². The van der Waals surface area contributed by atoms with Gasteiger partial charge in [0.05, 0.1) is 6.42 Å². The van der Waals surface area contributed by atoms with Gasteiger partial charge in [-0.2, -0.15) is 0 Å². The molecule has 3 atom stereocenters. The first kappa shape index (κ1) is 38.0. The zero-order chi connectivity index (χ0) is 35.4. The fourth-order valence-corrected chi connectivity index (χ4v) is 5.74. The van der Waals surface area contributed by atoms with Crippen LogP contribution in [0, 0.1) is 5.92 Å². The number of esters is 1. The molecule has 11 nitrogen and oxygen atoms in total. The van der Waals surface area contributed by atoms with Crippen molar-refractivity contribution in [3.8, 4) is 0 Å². The molecular weight excluding hydrogens is 612 g/mol. The molecule has 1 saturated heterocycles. The Labute approximate surface area is 284 Å². The number of carbonyl (C=O) groups excluding carboxylic acids is 5. The average Bonchev–Trinajstić information content (AvgIpc) is 3.05. The summed E-state index contributed by atoms with van der Waals surface area (Å²) in [6.45, 7) is 9.95. The summed E-state index contributed by atoms with van der Waals surface area (Å²) in [5.41, 5.74) is 0.845. The molecule has 0 bridgehead atoms. The number of piperidine rings is 1. The van der Waals surface area contributed by atoms with E-state index in [1.807, 2.05) is 60.7 Å². The third kappa shape index (κ3) is 11.4. The van der Waals surface area contributed by atoms with E-state index in [1.165, 1.54) is 23.9 Å². The molecule has 0 saturated carbocycles. The molecule has 1 fully saturated rings. The molecule has 0 spiro atoms. The topological polar surface area (TPSA) is 126 Å². The molecule has 2 aromatic carbocycles. The largest absolute Gasteiger partial charge is 0.461 e. The van der Waals surface area contributed by atoms with Crippen LogP contribution in [0.2, 0.25) is 0 Å². The lowest BCUT2D eigenvalue weighted by Crippen LogP contribution is -2.60. The molecular formula is C37H52N4O7. The van der Waals surface area contributed by atoms with Gasteiger partial charge in [-0.25, -0.2) is 4.79 Å². The summed E-state index contributed by atoms with van der Waals surface area (Å²) < 4.78 is 11.0. The molecule has 2 unspecified atom stereocenters. The van der Waals surface area contributed by atoms with Crippen molar-refractivity contribution in [1.82, 2.24) is 20.0 Å². The predicted molar refractivity (Wildman–Crippen MR) is 183 cm³/mol. The Kier molecular flexibility index (Phi) is 14.0. The average molecular weight is 665 g/mol. The minimum absolute atomic E-state index is 0.0398. The van der Waals surface area contributed by atoms with Crippen molar-refractivity contribution < 1.29 is 33.4 Å². The van der Waals surface area contributed by atoms with Crippen LogP contribution in [0.25, 0.3) is 0 Å². The van der Waals surface area contributed by atoms with Crippen molar-refractivity contribution in [3.63, 3.8) is 0 Å². The van der Waals surface area contributed by atoms with Crippen LogP contribution >= 0.6 is 0 Å². The number of rotatable bonds is 13. The van der Waals surface area contributed by atoms with Crippen LogP contribution in [-0.2, 0) is 41.7 Å².